The molecule has 200 valence electrons. The Morgan fingerprint density at radius 3 is 0.235 bits per heavy atom. The van der Waals surface area contributed by atoms with E-state index in [9.17, 15) is 0 Å². The van der Waals surface area contributed by atoms with E-state index in [1.807, 2.05) is 0 Å². The fourth-order valence-corrected chi connectivity index (χ4v) is 0. The van der Waals surface area contributed by atoms with Crippen LogP contribution in [0.1, 0.15) is 0 Å². The summed E-state index contributed by atoms with van der Waals surface area (Å²) in [5.41, 5.74) is 0. The van der Waals surface area contributed by atoms with E-state index >= 15 is 0 Å². The molecule has 0 rings (SSSR count). The van der Waals surface area contributed by atoms with Gasteiger partial charge in [-0.05, 0) is 0 Å². The van der Waals surface area contributed by atoms with Gasteiger partial charge < -0.3 is 111 Å². The zero-order chi connectivity index (χ0) is 9.00. The van der Waals surface area contributed by atoms with Crippen molar-refractivity contribution in [3.63, 3.8) is 0 Å². The van der Waals surface area contributed by atoms with Crippen molar-refractivity contribution in [3.8, 4) is 0 Å². The van der Waals surface area contributed by atoms with Gasteiger partial charge in [0.2, 0.25) is 0 Å². The van der Waals surface area contributed by atoms with Crippen LogP contribution in [-0.4, -0.2) is 250 Å². The Hall–Kier alpha value is 2.79. The second-order valence-corrected chi connectivity index (χ2v) is 2.45. The van der Waals surface area contributed by atoms with Gasteiger partial charge in [0.05, 0.1) is 0 Å². The van der Waals surface area contributed by atoms with Crippen molar-refractivity contribution in [2.75, 3.05) is 0 Å². The van der Waals surface area contributed by atoms with Crippen LogP contribution in [0.4, 0.5) is 0 Å². The minimum absolute atomic E-state index is 0. The Morgan fingerprint density at radius 1 is 0.235 bits per heavy atom. The molecular weight excluding hydrogens is 653 g/mol. The van der Waals surface area contributed by atoms with E-state index in [0.717, 1.165) is 0 Å². The minimum atomic E-state index is -5.17. The van der Waals surface area contributed by atoms with Gasteiger partial charge >= 0.3 is 122 Å². The molecule has 0 fully saturated rings. The summed E-state index contributed by atoms with van der Waals surface area (Å²) in [6.07, 6.45) is 0. The maximum absolute atomic E-state index is 8.52. The second-order valence-electron chi connectivity index (χ2n) is 0.816. The third kappa shape index (κ3) is 5110. The number of hydrogen-bond acceptors (Lipinski definition) is 25. The van der Waals surface area contributed by atoms with Crippen molar-refractivity contribution in [1.29, 1.82) is 0 Å². The van der Waals surface area contributed by atoms with Gasteiger partial charge in [-0.2, -0.15) is 0 Å². The van der Waals surface area contributed by atoms with Crippen molar-refractivity contribution in [3.05, 3.63) is 0 Å². The molecule has 0 saturated heterocycles. The molecule has 0 spiro atoms. The smallest absolute Gasteiger partial charge is 0.870 e. The SMILES string of the molecule is O=S(=O)([O-])[O-].O=S(=O)([O-])[O-].[Al+3].[Al+3].[Al+3].[Al+3].[Al+3].[Al+3].[Al+3].[OH-].[OH-].[OH-].[OH-].[OH-].[OH-].[OH-].[OH-].[OH-].[OH-].[OH-].[OH-].[OH-].[OH-].[OH-].[OH-].[OH-]. The van der Waals surface area contributed by atoms with Crippen LogP contribution >= 0.6 is 0 Å². The zero-order valence-corrected chi connectivity index (χ0v) is 25.4. The minimum Gasteiger partial charge on any atom is -0.870 e. The largest absolute Gasteiger partial charge is 3.00 e. The summed E-state index contributed by atoms with van der Waals surface area (Å²) in [5.74, 6) is 0. The van der Waals surface area contributed by atoms with Crippen molar-refractivity contribution in [2.24, 2.45) is 0 Å². The van der Waals surface area contributed by atoms with Gasteiger partial charge in [-0.1, -0.05) is 0 Å². The van der Waals surface area contributed by atoms with E-state index in [4.69, 9.17) is 35.0 Å². The van der Waals surface area contributed by atoms with Crippen LogP contribution in [0.5, 0.6) is 0 Å². The Labute approximate surface area is 268 Å². The van der Waals surface area contributed by atoms with Crippen LogP contribution in [-0.2, 0) is 20.8 Å². The Bertz CT molecular complexity index is 232. The first-order valence-electron chi connectivity index (χ1n) is 1.33. The van der Waals surface area contributed by atoms with E-state index < -0.39 is 20.8 Å². The molecule has 25 nitrogen and oxygen atoms in total. The normalized spacial score (nSPS) is 3.41. The second kappa shape index (κ2) is 198. The van der Waals surface area contributed by atoms with Crippen LogP contribution in [0.3, 0.4) is 0 Å². The topological polar surface area (TPSA) is 671 Å². The molecule has 34 heavy (non-hydrogen) atoms. The van der Waals surface area contributed by atoms with E-state index in [2.05, 4.69) is 0 Å². The van der Waals surface area contributed by atoms with E-state index in [0.29, 0.717) is 0 Å². The van der Waals surface area contributed by atoms with Gasteiger partial charge in [-0.3, -0.25) is 16.8 Å². The molecule has 0 radical (unpaired) electrons. The Kier molecular flexibility index (Phi) is 2360. The molecule has 0 bridgehead atoms. The Balaban J connectivity index is -0.000000000920. The first-order chi connectivity index (χ1) is 4.00. The summed E-state index contributed by atoms with van der Waals surface area (Å²) in [4.78, 5) is 0. The third-order valence-electron chi connectivity index (χ3n) is 0. The summed E-state index contributed by atoms with van der Waals surface area (Å²) in [6, 6.07) is 0. The molecule has 0 heterocycles. The van der Waals surface area contributed by atoms with Gasteiger partial charge in [0.1, 0.15) is 0 Å². The molecule has 34 heteroatoms. The maximum atomic E-state index is 8.52. The average molecular weight is 670 g/mol. The quantitative estimate of drug-likeness (QED) is 0.131. The van der Waals surface area contributed by atoms with Gasteiger partial charge in [0, 0.05) is 20.8 Å². The number of rotatable bonds is 0. The summed E-state index contributed by atoms with van der Waals surface area (Å²) in [7, 11) is -10.3. The van der Waals surface area contributed by atoms with Crippen LogP contribution in [0.25, 0.3) is 0 Å². The van der Waals surface area contributed by atoms with Crippen LogP contribution < -0.4 is 0 Å². The maximum Gasteiger partial charge on any atom is 3.00 e. The summed E-state index contributed by atoms with van der Waals surface area (Å²) < 4.78 is 68.2. The molecule has 0 aliphatic rings. The molecule has 0 amide bonds. The predicted octanol–water partition coefficient (Wildman–Crippen LogP) is -8.35. The van der Waals surface area contributed by atoms with Gasteiger partial charge in [0.15, 0.2) is 0 Å². The van der Waals surface area contributed by atoms with Gasteiger partial charge in [-0.15, -0.1) is 0 Å². The fraction of sp³-hybridized carbons (Fsp3) is 0. The van der Waals surface area contributed by atoms with Crippen molar-refractivity contribution in [2.45, 2.75) is 0 Å². The summed E-state index contributed by atoms with van der Waals surface area (Å²) >= 11 is 0. The molecule has 0 aliphatic heterocycles. The molecule has 0 aromatic heterocycles. The average Bonchev–Trinajstić information content (AvgIpc) is 1.12. The van der Waals surface area contributed by atoms with E-state index in [1.165, 1.54) is 0 Å². The van der Waals surface area contributed by atoms with Gasteiger partial charge in [-0.25, -0.2) is 0 Å². The van der Waals surface area contributed by atoms with Crippen molar-refractivity contribution in [1.82, 2.24) is 0 Å². The van der Waals surface area contributed by atoms with Crippen molar-refractivity contribution < 1.29 is 128 Å². The third-order valence-corrected chi connectivity index (χ3v) is 0. The van der Waals surface area contributed by atoms with Crippen LogP contribution in [0, 0.1) is 0 Å². The first-order valence-corrected chi connectivity index (χ1v) is 4.00. The Morgan fingerprint density at radius 2 is 0.235 bits per heavy atom. The standard InChI is InChI=1S/7Al.2H2O4S.17H2O/c;;;;;;;2*1-5(2,3)4;;;;;;;;;;;;;;;;;/h;;;;;;;2*(H2,1,2,3,4);17*1H2/q7*+3;;;;;;;;;;;;;;;;;;;/p-21. The fourth-order valence-electron chi connectivity index (χ4n) is 0. The molecule has 0 unspecified atom stereocenters. The molecule has 0 aromatic carbocycles. The monoisotopic (exact) mass is 670 g/mol. The molecule has 0 aliphatic carbocycles. The summed E-state index contributed by atoms with van der Waals surface area (Å²) in [6.45, 7) is 0. The zero-order valence-electron chi connectivity index (χ0n) is 15.7. The molecular formula is H17Al7O25S2. The summed E-state index contributed by atoms with van der Waals surface area (Å²) in [5, 5.41) is 0. The first kappa shape index (κ1) is 405. The van der Waals surface area contributed by atoms with Crippen LogP contribution in [0.15, 0.2) is 0 Å². The van der Waals surface area contributed by atoms with Crippen molar-refractivity contribution >= 4 is 142 Å². The molecule has 0 saturated carbocycles. The molecule has 0 aromatic rings. The predicted molar refractivity (Wildman–Crippen MR) is 94.1 cm³/mol. The van der Waals surface area contributed by atoms with Crippen LogP contribution in [0.2, 0.25) is 0 Å². The number of hydrogen-bond donors (Lipinski definition) is 0. The van der Waals surface area contributed by atoms with E-state index in [-0.39, 0.29) is 215 Å². The molecule has 0 atom stereocenters. The van der Waals surface area contributed by atoms with E-state index in [1.54, 1.807) is 0 Å². The molecule has 17 N–H and O–H groups in total. The van der Waals surface area contributed by atoms with Gasteiger partial charge in [0.25, 0.3) is 0 Å².